The molecule has 1 atom stereocenters. The molecule has 1 aliphatic rings. The third-order valence-corrected chi connectivity index (χ3v) is 4.60. The van der Waals surface area contributed by atoms with Gasteiger partial charge in [0.1, 0.15) is 13.2 Å². The van der Waals surface area contributed by atoms with Crippen molar-refractivity contribution < 1.29 is 33.0 Å². The average molecular weight is 436 g/mol. The number of amides is 2. The molecule has 0 aliphatic carbocycles. The zero-order valence-corrected chi connectivity index (χ0v) is 17.1. The first-order valence-electron chi connectivity index (χ1n) is 9.86. The number of hydrogen-bond donors (Lipinski definition) is 2. The first-order valence-corrected chi connectivity index (χ1v) is 9.86. The van der Waals surface area contributed by atoms with E-state index in [1.807, 2.05) is 0 Å². The molecule has 9 heteroatoms. The molecule has 0 saturated carbocycles. The number of carbonyl (C=O) groups is 3. The van der Waals surface area contributed by atoms with E-state index in [1.54, 1.807) is 42.5 Å². The maximum absolute atomic E-state index is 12.7. The summed E-state index contributed by atoms with van der Waals surface area (Å²) in [6, 6.07) is 14.4. The number of fused-ring (bicyclic) bond motifs is 1. The number of furan rings is 1. The van der Waals surface area contributed by atoms with Crippen LogP contribution in [0.25, 0.3) is 0 Å². The Kier molecular flexibility index (Phi) is 6.07. The van der Waals surface area contributed by atoms with Crippen molar-refractivity contribution in [2.75, 3.05) is 23.8 Å². The monoisotopic (exact) mass is 436 g/mol. The van der Waals surface area contributed by atoms with Crippen LogP contribution in [-0.4, -0.2) is 37.1 Å². The summed E-state index contributed by atoms with van der Waals surface area (Å²) in [4.78, 5) is 37.4. The molecule has 4 rings (SSSR count). The van der Waals surface area contributed by atoms with Crippen molar-refractivity contribution in [3.63, 3.8) is 0 Å². The van der Waals surface area contributed by atoms with Crippen LogP contribution in [-0.2, 0) is 9.53 Å². The third-order valence-electron chi connectivity index (χ3n) is 4.60. The predicted molar refractivity (Wildman–Crippen MR) is 114 cm³/mol. The van der Waals surface area contributed by atoms with Gasteiger partial charge in [0.05, 0.1) is 17.5 Å². The fourth-order valence-electron chi connectivity index (χ4n) is 3.00. The molecule has 2 amide bonds. The summed E-state index contributed by atoms with van der Waals surface area (Å²) in [6.07, 6.45) is 0.279. The van der Waals surface area contributed by atoms with E-state index < -0.39 is 23.9 Å². The van der Waals surface area contributed by atoms with Crippen molar-refractivity contribution in [1.29, 1.82) is 0 Å². The van der Waals surface area contributed by atoms with Gasteiger partial charge in [0.15, 0.2) is 23.4 Å². The van der Waals surface area contributed by atoms with Crippen LogP contribution in [0.5, 0.6) is 11.5 Å². The van der Waals surface area contributed by atoms with Crippen LogP contribution in [0.2, 0.25) is 0 Å². The zero-order chi connectivity index (χ0) is 22.5. The van der Waals surface area contributed by atoms with Gasteiger partial charge >= 0.3 is 5.97 Å². The molecule has 2 aromatic carbocycles. The largest absolute Gasteiger partial charge is 0.486 e. The second-order valence-electron chi connectivity index (χ2n) is 6.87. The lowest BCUT2D eigenvalue weighted by molar-refractivity contribution is -0.123. The van der Waals surface area contributed by atoms with E-state index in [0.29, 0.717) is 30.4 Å². The molecule has 1 aromatic heterocycles. The standard InChI is InChI=1S/C23H20N2O7/c1-14(21(26)24-15-8-9-18-20(13-15)31-12-11-30-18)32-23(28)16-5-2-3-6-17(16)25-22(27)19-7-4-10-29-19/h2-10,13-14H,11-12H2,1H3,(H,24,26)(H,25,27). The lowest BCUT2D eigenvalue weighted by Gasteiger charge is -2.19. The van der Waals surface area contributed by atoms with Crippen molar-refractivity contribution in [2.24, 2.45) is 0 Å². The smallest absolute Gasteiger partial charge is 0.341 e. The molecular weight excluding hydrogens is 416 g/mol. The van der Waals surface area contributed by atoms with Crippen LogP contribution >= 0.6 is 0 Å². The number of rotatable bonds is 6. The van der Waals surface area contributed by atoms with Gasteiger partial charge in [-0.2, -0.15) is 0 Å². The Hall–Kier alpha value is -4.27. The molecule has 2 N–H and O–H groups in total. The average Bonchev–Trinajstić information content (AvgIpc) is 3.34. The molecule has 1 aliphatic heterocycles. The second-order valence-corrected chi connectivity index (χ2v) is 6.87. The van der Waals surface area contributed by atoms with E-state index in [9.17, 15) is 14.4 Å². The highest BCUT2D eigenvalue weighted by atomic mass is 16.6. The molecule has 0 fully saturated rings. The van der Waals surface area contributed by atoms with Crippen LogP contribution in [0.15, 0.2) is 65.3 Å². The highest BCUT2D eigenvalue weighted by Crippen LogP contribution is 2.32. The van der Waals surface area contributed by atoms with Gasteiger partial charge < -0.3 is 29.3 Å². The molecule has 2 heterocycles. The quantitative estimate of drug-likeness (QED) is 0.568. The van der Waals surface area contributed by atoms with Crippen LogP contribution in [0, 0.1) is 0 Å². The van der Waals surface area contributed by atoms with Crippen LogP contribution in [0.4, 0.5) is 11.4 Å². The fourth-order valence-corrected chi connectivity index (χ4v) is 3.00. The molecular formula is C23H20N2O7. The van der Waals surface area contributed by atoms with Gasteiger partial charge in [-0.05, 0) is 43.3 Å². The van der Waals surface area contributed by atoms with Gasteiger partial charge in [0.2, 0.25) is 0 Å². The molecule has 0 spiro atoms. The molecule has 0 saturated heterocycles. The first-order chi connectivity index (χ1) is 15.5. The minimum atomic E-state index is -1.09. The van der Waals surface area contributed by atoms with Crippen molar-refractivity contribution in [3.05, 3.63) is 72.2 Å². The Morgan fingerprint density at radius 2 is 1.72 bits per heavy atom. The summed E-state index contributed by atoms with van der Waals surface area (Å²) in [5.41, 5.74) is 0.818. The minimum absolute atomic E-state index is 0.0975. The summed E-state index contributed by atoms with van der Waals surface area (Å²) in [7, 11) is 0. The number of ether oxygens (including phenoxy) is 3. The number of para-hydroxylation sites is 1. The lowest BCUT2D eigenvalue weighted by Crippen LogP contribution is -2.30. The van der Waals surface area contributed by atoms with Gasteiger partial charge in [-0.3, -0.25) is 9.59 Å². The topological polar surface area (TPSA) is 116 Å². The lowest BCUT2D eigenvalue weighted by atomic mass is 10.1. The van der Waals surface area contributed by atoms with E-state index in [2.05, 4.69) is 10.6 Å². The number of esters is 1. The Bertz CT molecular complexity index is 1140. The summed E-state index contributed by atoms with van der Waals surface area (Å²) >= 11 is 0. The summed E-state index contributed by atoms with van der Waals surface area (Å²) in [5, 5.41) is 5.29. The molecule has 1 unspecified atom stereocenters. The van der Waals surface area contributed by atoms with Crippen molar-refractivity contribution in [2.45, 2.75) is 13.0 Å². The predicted octanol–water partition coefficient (Wildman–Crippen LogP) is 3.49. The highest BCUT2D eigenvalue weighted by Gasteiger charge is 2.23. The third kappa shape index (κ3) is 4.72. The normalized spacial score (nSPS) is 13.0. The number of anilines is 2. The van der Waals surface area contributed by atoms with Crippen molar-refractivity contribution in [3.8, 4) is 11.5 Å². The molecule has 0 radical (unpaired) electrons. The van der Waals surface area contributed by atoms with Gasteiger partial charge in [0, 0.05) is 11.8 Å². The Morgan fingerprint density at radius 1 is 0.938 bits per heavy atom. The first kappa shape index (κ1) is 21.0. The maximum Gasteiger partial charge on any atom is 0.341 e. The number of nitrogens with one attached hydrogen (secondary N) is 2. The van der Waals surface area contributed by atoms with Gasteiger partial charge in [-0.25, -0.2) is 4.79 Å². The molecule has 164 valence electrons. The molecule has 32 heavy (non-hydrogen) atoms. The van der Waals surface area contributed by atoms with E-state index in [1.165, 1.54) is 25.3 Å². The summed E-state index contributed by atoms with van der Waals surface area (Å²) in [5.74, 6) is -0.570. The van der Waals surface area contributed by atoms with Crippen LogP contribution < -0.4 is 20.1 Å². The Labute approximate surface area is 183 Å². The maximum atomic E-state index is 12.7. The van der Waals surface area contributed by atoms with E-state index in [4.69, 9.17) is 18.6 Å². The number of hydrogen-bond acceptors (Lipinski definition) is 7. The van der Waals surface area contributed by atoms with Gasteiger partial charge in [-0.15, -0.1) is 0 Å². The number of benzene rings is 2. The van der Waals surface area contributed by atoms with E-state index in [0.717, 1.165) is 0 Å². The summed E-state index contributed by atoms with van der Waals surface area (Å²) < 4.78 is 21.3. The van der Waals surface area contributed by atoms with Crippen molar-refractivity contribution >= 4 is 29.2 Å². The van der Waals surface area contributed by atoms with E-state index in [-0.39, 0.29) is 17.0 Å². The number of carbonyl (C=O) groups excluding carboxylic acids is 3. The van der Waals surface area contributed by atoms with Crippen LogP contribution in [0.1, 0.15) is 27.8 Å². The molecule has 9 nitrogen and oxygen atoms in total. The summed E-state index contributed by atoms with van der Waals surface area (Å²) in [6.45, 7) is 2.35. The minimum Gasteiger partial charge on any atom is -0.486 e. The van der Waals surface area contributed by atoms with E-state index >= 15 is 0 Å². The fraction of sp³-hybridized carbons (Fsp3) is 0.174. The van der Waals surface area contributed by atoms with Gasteiger partial charge in [-0.1, -0.05) is 12.1 Å². The highest BCUT2D eigenvalue weighted by molar-refractivity contribution is 6.07. The van der Waals surface area contributed by atoms with Gasteiger partial charge in [0.25, 0.3) is 11.8 Å². The zero-order valence-electron chi connectivity index (χ0n) is 17.1. The molecule has 0 bridgehead atoms. The second kappa shape index (κ2) is 9.25. The Morgan fingerprint density at radius 3 is 2.50 bits per heavy atom. The molecule has 3 aromatic rings. The van der Waals surface area contributed by atoms with Crippen molar-refractivity contribution in [1.82, 2.24) is 0 Å². The van der Waals surface area contributed by atoms with Crippen LogP contribution in [0.3, 0.4) is 0 Å². The Balaban J connectivity index is 1.40. The SMILES string of the molecule is CC(OC(=O)c1ccccc1NC(=O)c1ccco1)C(=O)Nc1ccc2c(c1)OCCO2.